The summed E-state index contributed by atoms with van der Waals surface area (Å²) in [6.45, 7) is 2.22. The maximum atomic E-state index is 6.15. The Hall–Kier alpha value is 0.310. The van der Waals surface area contributed by atoms with Gasteiger partial charge < -0.3 is 5.73 Å². The molecule has 13 heavy (non-hydrogen) atoms. The molecule has 1 saturated carbocycles. The minimum absolute atomic E-state index is 0.500. The molecular weight excluding hydrogens is 178 g/mol. The van der Waals surface area contributed by atoms with Crippen LogP contribution < -0.4 is 5.73 Å². The first-order valence-electron chi connectivity index (χ1n) is 5.68. The fourth-order valence-electron chi connectivity index (χ4n) is 2.19. The summed E-state index contributed by atoms with van der Waals surface area (Å²) in [5.74, 6) is 3.40. The van der Waals surface area contributed by atoms with E-state index < -0.39 is 0 Å². The van der Waals surface area contributed by atoms with Gasteiger partial charge in [-0.25, -0.2) is 0 Å². The standard InChI is InChI=1S/C11H23NS/c1-2-13-9-5-8-11(12)10-6-3-4-7-10/h10-11H,2-9,12H2,1H3. The molecule has 0 saturated heterocycles. The summed E-state index contributed by atoms with van der Waals surface area (Å²) in [6, 6.07) is 0.500. The molecule has 0 bridgehead atoms. The van der Waals surface area contributed by atoms with Gasteiger partial charge in [-0.15, -0.1) is 0 Å². The number of nitrogens with two attached hydrogens (primary N) is 1. The Morgan fingerprint density at radius 2 is 2.08 bits per heavy atom. The molecule has 2 N–H and O–H groups in total. The first-order valence-corrected chi connectivity index (χ1v) is 6.83. The van der Waals surface area contributed by atoms with E-state index in [0.717, 1.165) is 5.92 Å². The van der Waals surface area contributed by atoms with Gasteiger partial charge in [0.25, 0.3) is 0 Å². The van der Waals surface area contributed by atoms with Crippen LogP contribution in [0, 0.1) is 5.92 Å². The van der Waals surface area contributed by atoms with E-state index in [1.807, 2.05) is 11.8 Å². The van der Waals surface area contributed by atoms with Gasteiger partial charge in [0.2, 0.25) is 0 Å². The van der Waals surface area contributed by atoms with Crippen molar-refractivity contribution in [2.75, 3.05) is 11.5 Å². The lowest BCUT2D eigenvalue weighted by Gasteiger charge is -2.18. The van der Waals surface area contributed by atoms with Crippen LogP contribution in [0.2, 0.25) is 0 Å². The highest BCUT2D eigenvalue weighted by Crippen LogP contribution is 2.28. The fourth-order valence-corrected chi connectivity index (χ4v) is 2.85. The summed E-state index contributed by atoms with van der Waals surface area (Å²) in [5, 5.41) is 0. The summed E-state index contributed by atoms with van der Waals surface area (Å²) in [6.07, 6.45) is 8.18. The Kier molecular flexibility index (Phi) is 5.88. The van der Waals surface area contributed by atoms with E-state index in [0.29, 0.717) is 6.04 Å². The highest BCUT2D eigenvalue weighted by atomic mass is 32.2. The summed E-state index contributed by atoms with van der Waals surface area (Å²) < 4.78 is 0. The van der Waals surface area contributed by atoms with E-state index in [1.54, 1.807) is 0 Å². The molecule has 0 aromatic carbocycles. The van der Waals surface area contributed by atoms with Crippen molar-refractivity contribution in [3.05, 3.63) is 0 Å². The molecule has 1 aliphatic carbocycles. The SMILES string of the molecule is CCSCCCC(N)C1CCCC1. The Bertz CT molecular complexity index is 121. The molecule has 1 aliphatic rings. The van der Waals surface area contributed by atoms with Crippen LogP contribution in [0.3, 0.4) is 0 Å². The summed E-state index contributed by atoms with van der Waals surface area (Å²) in [4.78, 5) is 0. The van der Waals surface area contributed by atoms with Crippen LogP contribution >= 0.6 is 11.8 Å². The average Bonchev–Trinajstić information content (AvgIpc) is 2.65. The van der Waals surface area contributed by atoms with Crippen molar-refractivity contribution in [2.24, 2.45) is 11.7 Å². The smallest absolute Gasteiger partial charge is 0.00674 e. The Morgan fingerprint density at radius 3 is 2.69 bits per heavy atom. The number of rotatable bonds is 6. The first-order chi connectivity index (χ1) is 6.34. The molecule has 0 aromatic heterocycles. The van der Waals surface area contributed by atoms with Crippen LogP contribution in [0.1, 0.15) is 45.4 Å². The van der Waals surface area contributed by atoms with Gasteiger partial charge in [0, 0.05) is 6.04 Å². The molecule has 78 valence electrons. The lowest BCUT2D eigenvalue weighted by Crippen LogP contribution is -2.28. The zero-order chi connectivity index (χ0) is 9.52. The van der Waals surface area contributed by atoms with Crippen LogP contribution in [0.4, 0.5) is 0 Å². The lowest BCUT2D eigenvalue weighted by atomic mass is 9.95. The van der Waals surface area contributed by atoms with Gasteiger partial charge in [0.05, 0.1) is 0 Å². The topological polar surface area (TPSA) is 26.0 Å². The van der Waals surface area contributed by atoms with Gasteiger partial charge in [0.15, 0.2) is 0 Å². The van der Waals surface area contributed by atoms with Gasteiger partial charge in [-0.2, -0.15) is 11.8 Å². The Labute approximate surface area is 86.8 Å². The first kappa shape index (κ1) is 11.4. The minimum Gasteiger partial charge on any atom is -0.327 e. The molecule has 0 heterocycles. The van der Waals surface area contributed by atoms with Gasteiger partial charge in [-0.3, -0.25) is 0 Å². The van der Waals surface area contributed by atoms with E-state index in [9.17, 15) is 0 Å². The van der Waals surface area contributed by atoms with Crippen molar-refractivity contribution >= 4 is 11.8 Å². The van der Waals surface area contributed by atoms with E-state index in [2.05, 4.69) is 6.92 Å². The third-order valence-electron chi connectivity index (χ3n) is 3.04. The van der Waals surface area contributed by atoms with Crippen molar-refractivity contribution in [1.29, 1.82) is 0 Å². The largest absolute Gasteiger partial charge is 0.327 e. The predicted octanol–water partition coefficient (Wildman–Crippen LogP) is 3.04. The Balaban J connectivity index is 1.99. The van der Waals surface area contributed by atoms with Crippen molar-refractivity contribution in [2.45, 2.75) is 51.5 Å². The van der Waals surface area contributed by atoms with E-state index in [4.69, 9.17) is 5.73 Å². The average molecular weight is 201 g/mol. The molecule has 0 amide bonds. The molecule has 1 nitrogen and oxygen atoms in total. The van der Waals surface area contributed by atoms with Gasteiger partial charge in [0.1, 0.15) is 0 Å². The molecule has 2 heteroatoms. The second-order valence-corrected chi connectivity index (χ2v) is 5.44. The number of hydrogen-bond acceptors (Lipinski definition) is 2. The monoisotopic (exact) mass is 201 g/mol. The van der Waals surface area contributed by atoms with Gasteiger partial charge >= 0.3 is 0 Å². The Morgan fingerprint density at radius 1 is 1.38 bits per heavy atom. The van der Waals surface area contributed by atoms with Crippen LogP contribution in [-0.2, 0) is 0 Å². The van der Waals surface area contributed by atoms with Crippen LogP contribution in [-0.4, -0.2) is 17.5 Å². The van der Waals surface area contributed by atoms with Crippen LogP contribution in [0.25, 0.3) is 0 Å². The molecule has 1 fully saturated rings. The van der Waals surface area contributed by atoms with Gasteiger partial charge in [-0.1, -0.05) is 19.8 Å². The van der Waals surface area contributed by atoms with Crippen molar-refractivity contribution in [3.8, 4) is 0 Å². The maximum absolute atomic E-state index is 6.15. The zero-order valence-corrected chi connectivity index (χ0v) is 9.61. The normalized spacial score (nSPS) is 20.8. The summed E-state index contributed by atoms with van der Waals surface area (Å²) >= 11 is 2.04. The fraction of sp³-hybridized carbons (Fsp3) is 1.00. The minimum atomic E-state index is 0.500. The second kappa shape index (κ2) is 6.72. The second-order valence-electron chi connectivity index (χ2n) is 4.05. The highest BCUT2D eigenvalue weighted by molar-refractivity contribution is 7.99. The van der Waals surface area contributed by atoms with Crippen LogP contribution in [0.5, 0.6) is 0 Å². The molecule has 1 rings (SSSR count). The molecule has 0 spiro atoms. The maximum Gasteiger partial charge on any atom is 0.00674 e. The lowest BCUT2D eigenvalue weighted by molar-refractivity contribution is 0.408. The van der Waals surface area contributed by atoms with Crippen molar-refractivity contribution in [1.82, 2.24) is 0 Å². The predicted molar refractivity (Wildman–Crippen MR) is 62.2 cm³/mol. The van der Waals surface area contributed by atoms with E-state index in [1.165, 1.54) is 50.0 Å². The van der Waals surface area contributed by atoms with Gasteiger partial charge in [-0.05, 0) is 43.1 Å². The third-order valence-corrected chi connectivity index (χ3v) is 4.02. The molecule has 0 aromatic rings. The quantitative estimate of drug-likeness (QED) is 0.668. The molecule has 1 unspecified atom stereocenters. The molecule has 0 radical (unpaired) electrons. The number of hydrogen-bond donors (Lipinski definition) is 1. The van der Waals surface area contributed by atoms with Crippen LogP contribution in [0.15, 0.2) is 0 Å². The molecule has 0 aliphatic heterocycles. The molecule has 1 atom stereocenters. The van der Waals surface area contributed by atoms with Crippen molar-refractivity contribution in [3.63, 3.8) is 0 Å². The molecular formula is C11H23NS. The third kappa shape index (κ3) is 4.37. The zero-order valence-electron chi connectivity index (χ0n) is 8.80. The summed E-state index contributed by atoms with van der Waals surface area (Å²) in [5.41, 5.74) is 6.15. The number of thioether (sulfide) groups is 1. The van der Waals surface area contributed by atoms with Crippen molar-refractivity contribution < 1.29 is 0 Å². The van der Waals surface area contributed by atoms with E-state index in [-0.39, 0.29) is 0 Å². The highest BCUT2D eigenvalue weighted by Gasteiger charge is 2.21. The van der Waals surface area contributed by atoms with E-state index >= 15 is 0 Å². The summed E-state index contributed by atoms with van der Waals surface area (Å²) in [7, 11) is 0.